The molecule has 2 atom stereocenters. The quantitative estimate of drug-likeness (QED) is 0.865. The molecule has 1 aliphatic rings. The normalized spacial score (nSPS) is 22.9. The Morgan fingerprint density at radius 1 is 1.33 bits per heavy atom. The predicted octanol–water partition coefficient (Wildman–Crippen LogP) is 3.03. The lowest BCUT2D eigenvalue weighted by Gasteiger charge is -2.35. The van der Waals surface area contributed by atoms with Gasteiger partial charge in [0, 0.05) is 19.1 Å². The molecule has 1 aromatic rings. The monoisotopic (exact) mass is 246 g/mol. The Balaban J connectivity index is 1.87. The number of piperidine rings is 1. The molecule has 0 aromatic heterocycles. The van der Waals surface area contributed by atoms with Crippen molar-refractivity contribution < 1.29 is 0 Å². The van der Waals surface area contributed by atoms with Crippen LogP contribution in [0.15, 0.2) is 30.3 Å². The number of nitrogens with zero attached hydrogens (tertiary/aromatic N) is 1. The largest absolute Gasteiger partial charge is 0.327 e. The van der Waals surface area contributed by atoms with Gasteiger partial charge in [0.15, 0.2) is 0 Å². The van der Waals surface area contributed by atoms with E-state index in [0.29, 0.717) is 12.0 Å². The maximum Gasteiger partial charge on any atom is 0.0233 e. The van der Waals surface area contributed by atoms with Crippen LogP contribution in [-0.2, 0) is 6.54 Å². The molecule has 100 valence electrons. The molecule has 2 unspecified atom stereocenters. The van der Waals surface area contributed by atoms with Gasteiger partial charge in [-0.15, -0.1) is 0 Å². The van der Waals surface area contributed by atoms with Crippen molar-refractivity contribution >= 4 is 0 Å². The van der Waals surface area contributed by atoms with E-state index < -0.39 is 0 Å². The Morgan fingerprint density at radius 3 is 2.83 bits per heavy atom. The number of benzene rings is 1. The average Bonchev–Trinajstić information content (AvgIpc) is 2.40. The topological polar surface area (TPSA) is 29.3 Å². The molecule has 0 bridgehead atoms. The zero-order valence-electron chi connectivity index (χ0n) is 11.5. The molecule has 0 aliphatic carbocycles. The molecule has 0 spiro atoms. The minimum absolute atomic E-state index is 0.397. The van der Waals surface area contributed by atoms with Crippen molar-refractivity contribution in [2.45, 2.75) is 45.2 Å². The van der Waals surface area contributed by atoms with Crippen LogP contribution in [0.1, 0.15) is 38.2 Å². The fourth-order valence-electron chi connectivity index (χ4n) is 3.00. The highest BCUT2D eigenvalue weighted by Gasteiger charge is 2.24. The number of rotatable bonds is 5. The molecule has 1 fully saturated rings. The summed E-state index contributed by atoms with van der Waals surface area (Å²) >= 11 is 0. The van der Waals surface area contributed by atoms with Gasteiger partial charge >= 0.3 is 0 Å². The van der Waals surface area contributed by atoms with Gasteiger partial charge in [0.1, 0.15) is 0 Å². The van der Waals surface area contributed by atoms with Crippen LogP contribution in [0.2, 0.25) is 0 Å². The van der Waals surface area contributed by atoms with Gasteiger partial charge in [0.25, 0.3) is 0 Å². The molecule has 2 N–H and O–H groups in total. The molecule has 2 heteroatoms. The number of nitrogens with two attached hydrogens (primary N) is 1. The average molecular weight is 246 g/mol. The summed E-state index contributed by atoms with van der Waals surface area (Å²) in [4.78, 5) is 2.57. The Hall–Kier alpha value is -0.860. The second-order valence-electron chi connectivity index (χ2n) is 5.58. The molecule has 0 radical (unpaired) electrons. The maximum absolute atomic E-state index is 6.29. The van der Waals surface area contributed by atoms with E-state index in [0.717, 1.165) is 6.54 Å². The van der Waals surface area contributed by atoms with Crippen LogP contribution in [0, 0.1) is 5.92 Å². The molecule has 18 heavy (non-hydrogen) atoms. The number of hydrogen-bond acceptors (Lipinski definition) is 2. The Morgan fingerprint density at radius 2 is 2.11 bits per heavy atom. The third-order valence-electron chi connectivity index (χ3n) is 4.02. The Bertz CT molecular complexity index is 336. The van der Waals surface area contributed by atoms with E-state index in [1.165, 1.54) is 44.3 Å². The lowest BCUT2D eigenvalue weighted by atomic mass is 9.88. The van der Waals surface area contributed by atoms with E-state index in [1.54, 1.807) is 0 Å². The predicted molar refractivity (Wildman–Crippen MR) is 77.3 cm³/mol. The van der Waals surface area contributed by atoms with E-state index in [9.17, 15) is 0 Å². The summed E-state index contributed by atoms with van der Waals surface area (Å²) in [7, 11) is 0. The van der Waals surface area contributed by atoms with Crippen LogP contribution >= 0.6 is 0 Å². The number of hydrogen-bond donors (Lipinski definition) is 1. The molecule has 0 amide bonds. The van der Waals surface area contributed by atoms with Crippen molar-refractivity contribution in [2.24, 2.45) is 11.7 Å². The molecule has 2 rings (SSSR count). The van der Waals surface area contributed by atoms with Crippen molar-refractivity contribution in [3.05, 3.63) is 35.9 Å². The summed E-state index contributed by atoms with van der Waals surface area (Å²) in [5.41, 5.74) is 7.71. The van der Waals surface area contributed by atoms with Crippen molar-refractivity contribution in [1.29, 1.82) is 0 Å². The molecule has 0 saturated carbocycles. The van der Waals surface area contributed by atoms with Crippen LogP contribution in [0.25, 0.3) is 0 Å². The van der Waals surface area contributed by atoms with Crippen molar-refractivity contribution in [2.75, 3.05) is 13.1 Å². The van der Waals surface area contributed by atoms with Crippen LogP contribution in [0.3, 0.4) is 0 Å². The molecule has 1 aromatic carbocycles. The van der Waals surface area contributed by atoms with Gasteiger partial charge in [-0.25, -0.2) is 0 Å². The fourth-order valence-corrected chi connectivity index (χ4v) is 3.00. The maximum atomic E-state index is 6.29. The van der Waals surface area contributed by atoms with Gasteiger partial charge in [-0.2, -0.15) is 0 Å². The van der Waals surface area contributed by atoms with E-state index in [-0.39, 0.29) is 0 Å². The standard InChI is InChI=1S/C16H26N2/c1-2-7-16(17)15-10-6-11-18(13-15)12-14-8-4-3-5-9-14/h3-5,8-9,15-16H,2,6-7,10-13,17H2,1H3. The van der Waals surface area contributed by atoms with Gasteiger partial charge in [0.2, 0.25) is 0 Å². The first-order chi connectivity index (χ1) is 8.79. The van der Waals surface area contributed by atoms with Gasteiger partial charge in [-0.05, 0) is 37.3 Å². The van der Waals surface area contributed by atoms with Crippen LogP contribution in [-0.4, -0.2) is 24.0 Å². The molecular weight excluding hydrogens is 220 g/mol. The summed E-state index contributed by atoms with van der Waals surface area (Å²) in [5, 5.41) is 0. The van der Waals surface area contributed by atoms with Crippen molar-refractivity contribution in [1.82, 2.24) is 4.90 Å². The summed E-state index contributed by atoms with van der Waals surface area (Å²) in [5.74, 6) is 0.697. The first kappa shape index (κ1) is 13.6. The van der Waals surface area contributed by atoms with Gasteiger partial charge < -0.3 is 5.73 Å². The molecule has 1 aliphatic heterocycles. The highest BCUT2D eigenvalue weighted by atomic mass is 15.1. The molecular formula is C16H26N2. The van der Waals surface area contributed by atoms with Gasteiger partial charge in [-0.3, -0.25) is 4.90 Å². The van der Waals surface area contributed by atoms with Crippen LogP contribution in [0.4, 0.5) is 0 Å². The minimum Gasteiger partial charge on any atom is -0.327 e. The summed E-state index contributed by atoms with van der Waals surface area (Å²) < 4.78 is 0. The van der Waals surface area contributed by atoms with E-state index in [4.69, 9.17) is 5.73 Å². The molecule has 1 saturated heterocycles. The SMILES string of the molecule is CCCC(N)C1CCCN(Cc2ccccc2)C1. The van der Waals surface area contributed by atoms with Gasteiger partial charge in [0.05, 0.1) is 0 Å². The smallest absolute Gasteiger partial charge is 0.0233 e. The summed E-state index contributed by atoms with van der Waals surface area (Å²) in [6, 6.07) is 11.2. The molecule has 2 nitrogen and oxygen atoms in total. The van der Waals surface area contributed by atoms with Crippen molar-refractivity contribution in [3.63, 3.8) is 0 Å². The third-order valence-corrected chi connectivity index (χ3v) is 4.02. The zero-order valence-corrected chi connectivity index (χ0v) is 11.5. The minimum atomic E-state index is 0.397. The van der Waals surface area contributed by atoms with Crippen molar-refractivity contribution in [3.8, 4) is 0 Å². The Labute approximate surface area is 111 Å². The summed E-state index contributed by atoms with van der Waals surface area (Å²) in [6.45, 7) is 5.71. The second kappa shape index (κ2) is 6.91. The van der Waals surface area contributed by atoms with Crippen LogP contribution in [0.5, 0.6) is 0 Å². The first-order valence-electron chi connectivity index (χ1n) is 7.31. The third kappa shape index (κ3) is 3.82. The summed E-state index contributed by atoms with van der Waals surface area (Å²) in [6.07, 6.45) is 4.99. The lowest BCUT2D eigenvalue weighted by molar-refractivity contribution is 0.148. The van der Waals surface area contributed by atoms with E-state index >= 15 is 0 Å². The fraction of sp³-hybridized carbons (Fsp3) is 0.625. The zero-order chi connectivity index (χ0) is 12.8. The van der Waals surface area contributed by atoms with Crippen LogP contribution < -0.4 is 5.73 Å². The number of likely N-dealkylation sites (tertiary alicyclic amines) is 1. The Kier molecular flexibility index (Phi) is 5.21. The lowest BCUT2D eigenvalue weighted by Crippen LogP contribution is -2.43. The second-order valence-corrected chi connectivity index (χ2v) is 5.58. The highest BCUT2D eigenvalue weighted by Crippen LogP contribution is 2.22. The van der Waals surface area contributed by atoms with E-state index in [1.807, 2.05) is 0 Å². The first-order valence-corrected chi connectivity index (χ1v) is 7.31. The van der Waals surface area contributed by atoms with E-state index in [2.05, 4.69) is 42.2 Å². The molecule has 1 heterocycles. The van der Waals surface area contributed by atoms with Gasteiger partial charge in [-0.1, -0.05) is 43.7 Å². The highest BCUT2D eigenvalue weighted by molar-refractivity contribution is 5.14.